The Bertz CT molecular complexity index is 461. The summed E-state index contributed by atoms with van der Waals surface area (Å²) in [6.45, 7) is 8.64. The van der Waals surface area contributed by atoms with Crippen molar-refractivity contribution < 1.29 is 0 Å². The molecule has 0 N–H and O–H groups in total. The minimum atomic E-state index is 0.125. The van der Waals surface area contributed by atoms with Gasteiger partial charge in [0.05, 0.1) is 5.69 Å². The number of imidazole rings is 1. The zero-order valence-corrected chi connectivity index (χ0v) is 9.20. The number of fused-ring (bicyclic) bond motifs is 1. The molecule has 0 radical (unpaired) electrons. The summed E-state index contributed by atoms with van der Waals surface area (Å²) < 4.78 is 2.08. The lowest BCUT2D eigenvalue weighted by Crippen LogP contribution is -2.11. The number of aryl methyl sites for hydroxylation is 1. The first kappa shape index (κ1) is 9.25. The normalized spacial score (nSPS) is 12.3. The molecule has 2 nitrogen and oxygen atoms in total. The Morgan fingerprint density at radius 3 is 2.64 bits per heavy atom. The lowest BCUT2D eigenvalue weighted by molar-refractivity contribution is 0.573. The fourth-order valence-electron chi connectivity index (χ4n) is 1.45. The van der Waals surface area contributed by atoms with Crippen LogP contribution in [0.25, 0.3) is 5.65 Å². The van der Waals surface area contributed by atoms with Crippen LogP contribution in [0.3, 0.4) is 0 Å². The van der Waals surface area contributed by atoms with Gasteiger partial charge in [-0.2, -0.15) is 0 Å². The number of nitrogens with zero attached hydrogens (tertiary/aromatic N) is 2. The molecule has 2 heterocycles. The van der Waals surface area contributed by atoms with Crippen LogP contribution in [0.4, 0.5) is 0 Å². The van der Waals surface area contributed by atoms with Gasteiger partial charge in [0.2, 0.25) is 0 Å². The third kappa shape index (κ3) is 1.52. The lowest BCUT2D eigenvalue weighted by Gasteiger charge is -2.13. The van der Waals surface area contributed by atoms with E-state index in [0.29, 0.717) is 0 Å². The fourth-order valence-corrected chi connectivity index (χ4v) is 1.45. The van der Waals surface area contributed by atoms with Crippen molar-refractivity contribution in [3.8, 4) is 0 Å². The van der Waals surface area contributed by atoms with Gasteiger partial charge in [-0.3, -0.25) is 0 Å². The second kappa shape index (κ2) is 2.84. The zero-order chi connectivity index (χ0) is 10.3. The molecule has 2 rings (SSSR count). The molecule has 0 unspecified atom stereocenters. The first-order chi connectivity index (χ1) is 6.47. The quantitative estimate of drug-likeness (QED) is 0.621. The van der Waals surface area contributed by atoms with E-state index in [-0.39, 0.29) is 5.41 Å². The summed E-state index contributed by atoms with van der Waals surface area (Å²) in [5.74, 6) is 0. The van der Waals surface area contributed by atoms with Crippen LogP contribution in [0, 0.1) is 6.92 Å². The molecule has 0 bridgehead atoms. The van der Waals surface area contributed by atoms with Crippen molar-refractivity contribution in [2.45, 2.75) is 33.1 Å². The Hall–Kier alpha value is -1.31. The summed E-state index contributed by atoms with van der Waals surface area (Å²) in [4.78, 5) is 4.61. The molecule has 74 valence electrons. The van der Waals surface area contributed by atoms with Gasteiger partial charge in [-0.05, 0) is 24.6 Å². The molecule has 0 amide bonds. The summed E-state index contributed by atoms with van der Waals surface area (Å²) in [7, 11) is 0. The molecule has 0 saturated heterocycles. The average Bonchev–Trinajstić information content (AvgIpc) is 2.45. The second-order valence-electron chi connectivity index (χ2n) is 4.85. The van der Waals surface area contributed by atoms with Gasteiger partial charge >= 0.3 is 0 Å². The van der Waals surface area contributed by atoms with Crippen LogP contribution in [0.5, 0.6) is 0 Å². The lowest BCUT2D eigenvalue weighted by atomic mass is 9.93. The van der Waals surface area contributed by atoms with Crippen molar-refractivity contribution >= 4 is 5.65 Å². The average molecular weight is 188 g/mol. The molecule has 2 aromatic rings. The molecule has 2 aromatic heterocycles. The SMILES string of the molecule is Cc1ccn2cc(C(C)(C)C)nc2c1. The fraction of sp³-hybridized carbons (Fsp3) is 0.417. The predicted octanol–water partition coefficient (Wildman–Crippen LogP) is 2.94. The van der Waals surface area contributed by atoms with E-state index in [0.717, 1.165) is 11.3 Å². The van der Waals surface area contributed by atoms with E-state index in [9.17, 15) is 0 Å². The van der Waals surface area contributed by atoms with E-state index < -0.39 is 0 Å². The van der Waals surface area contributed by atoms with E-state index in [1.165, 1.54) is 5.56 Å². The Morgan fingerprint density at radius 2 is 2.00 bits per heavy atom. The van der Waals surface area contributed by atoms with Gasteiger partial charge < -0.3 is 4.40 Å². The molecule has 0 saturated carbocycles. The number of pyridine rings is 1. The minimum absolute atomic E-state index is 0.125. The van der Waals surface area contributed by atoms with Crippen LogP contribution in [0.1, 0.15) is 32.0 Å². The van der Waals surface area contributed by atoms with Crippen LogP contribution < -0.4 is 0 Å². The highest BCUT2D eigenvalue weighted by Gasteiger charge is 2.17. The van der Waals surface area contributed by atoms with Crippen molar-refractivity contribution in [2.75, 3.05) is 0 Å². The molecule has 0 aromatic carbocycles. The van der Waals surface area contributed by atoms with Crippen molar-refractivity contribution in [3.63, 3.8) is 0 Å². The maximum absolute atomic E-state index is 4.61. The van der Waals surface area contributed by atoms with Crippen molar-refractivity contribution in [1.82, 2.24) is 9.38 Å². The van der Waals surface area contributed by atoms with Gasteiger partial charge in [0.1, 0.15) is 5.65 Å². The van der Waals surface area contributed by atoms with E-state index in [1.807, 2.05) is 0 Å². The van der Waals surface area contributed by atoms with Gasteiger partial charge in [-0.1, -0.05) is 20.8 Å². The first-order valence-corrected chi connectivity index (χ1v) is 4.93. The molecule has 0 spiro atoms. The van der Waals surface area contributed by atoms with Crippen LogP contribution in [0.2, 0.25) is 0 Å². The molecule has 0 aliphatic carbocycles. The van der Waals surface area contributed by atoms with Crippen LogP contribution in [-0.4, -0.2) is 9.38 Å². The summed E-state index contributed by atoms with van der Waals surface area (Å²) in [5.41, 5.74) is 3.56. The Labute approximate surface area is 84.6 Å². The maximum Gasteiger partial charge on any atom is 0.137 e. The third-order valence-corrected chi connectivity index (χ3v) is 2.38. The van der Waals surface area contributed by atoms with Crippen LogP contribution in [-0.2, 0) is 5.41 Å². The molecule has 14 heavy (non-hydrogen) atoms. The Balaban J connectivity index is 2.63. The topological polar surface area (TPSA) is 17.3 Å². The molecule has 0 aliphatic rings. The summed E-state index contributed by atoms with van der Waals surface area (Å²) in [6, 6.07) is 4.20. The number of hydrogen-bond acceptors (Lipinski definition) is 1. The summed E-state index contributed by atoms with van der Waals surface area (Å²) in [6.07, 6.45) is 4.17. The van der Waals surface area contributed by atoms with Crippen molar-refractivity contribution in [1.29, 1.82) is 0 Å². The molecular formula is C12H16N2. The smallest absolute Gasteiger partial charge is 0.137 e. The van der Waals surface area contributed by atoms with Gasteiger partial charge in [0, 0.05) is 17.8 Å². The first-order valence-electron chi connectivity index (χ1n) is 4.93. The number of rotatable bonds is 0. The van der Waals surface area contributed by atoms with Crippen molar-refractivity contribution in [2.24, 2.45) is 0 Å². The van der Waals surface area contributed by atoms with Crippen molar-refractivity contribution in [3.05, 3.63) is 35.8 Å². The van der Waals surface area contributed by atoms with Gasteiger partial charge in [0.15, 0.2) is 0 Å². The van der Waals surface area contributed by atoms with E-state index in [1.54, 1.807) is 0 Å². The second-order valence-corrected chi connectivity index (χ2v) is 4.85. The standard InChI is InChI=1S/C12H16N2/c1-9-5-6-14-8-10(12(2,3)4)13-11(14)7-9/h5-8H,1-4H3. The molecular weight excluding hydrogens is 172 g/mol. The highest BCUT2D eigenvalue weighted by atomic mass is 15.0. The summed E-state index contributed by atoms with van der Waals surface area (Å²) >= 11 is 0. The van der Waals surface area contributed by atoms with E-state index in [2.05, 4.69) is 61.6 Å². The van der Waals surface area contributed by atoms with Gasteiger partial charge in [-0.25, -0.2) is 4.98 Å². The Kier molecular flexibility index (Phi) is 1.88. The number of hydrogen-bond donors (Lipinski definition) is 0. The zero-order valence-electron chi connectivity index (χ0n) is 9.20. The summed E-state index contributed by atoms with van der Waals surface area (Å²) in [5, 5.41) is 0. The largest absolute Gasteiger partial charge is 0.307 e. The molecule has 0 fully saturated rings. The van der Waals surface area contributed by atoms with Crippen LogP contribution in [0.15, 0.2) is 24.5 Å². The van der Waals surface area contributed by atoms with Gasteiger partial charge in [0.25, 0.3) is 0 Å². The van der Waals surface area contributed by atoms with Crippen LogP contribution >= 0.6 is 0 Å². The van der Waals surface area contributed by atoms with E-state index in [4.69, 9.17) is 0 Å². The molecule has 0 aliphatic heterocycles. The Morgan fingerprint density at radius 1 is 1.29 bits per heavy atom. The highest BCUT2D eigenvalue weighted by molar-refractivity contribution is 5.43. The number of aromatic nitrogens is 2. The molecule has 2 heteroatoms. The maximum atomic E-state index is 4.61. The third-order valence-electron chi connectivity index (χ3n) is 2.38. The monoisotopic (exact) mass is 188 g/mol. The predicted molar refractivity (Wildman–Crippen MR) is 58.6 cm³/mol. The van der Waals surface area contributed by atoms with Gasteiger partial charge in [-0.15, -0.1) is 0 Å². The minimum Gasteiger partial charge on any atom is -0.307 e. The highest BCUT2D eigenvalue weighted by Crippen LogP contribution is 2.21. The molecule has 0 atom stereocenters. The van der Waals surface area contributed by atoms with E-state index >= 15 is 0 Å².